The summed E-state index contributed by atoms with van der Waals surface area (Å²) in [6, 6.07) is 17.4. The van der Waals surface area contributed by atoms with Crippen molar-refractivity contribution in [3.63, 3.8) is 0 Å². The fourth-order valence-electron chi connectivity index (χ4n) is 3.72. The number of hydrogen-bond acceptors (Lipinski definition) is 6. The van der Waals surface area contributed by atoms with Crippen molar-refractivity contribution in [2.24, 2.45) is 0 Å². The van der Waals surface area contributed by atoms with Gasteiger partial charge in [-0.1, -0.05) is 30.3 Å². The van der Waals surface area contributed by atoms with Crippen LogP contribution >= 0.6 is 0 Å². The Morgan fingerprint density at radius 3 is 2.59 bits per heavy atom. The second kappa shape index (κ2) is 12.9. The summed E-state index contributed by atoms with van der Waals surface area (Å²) in [5, 5.41) is 15.4. The molecule has 0 amide bonds. The molecule has 1 heterocycles. The molecular formula is C27H35N3O4. The zero-order valence-corrected chi connectivity index (χ0v) is 20.3. The number of hydrogen-bond donors (Lipinski definition) is 1. The van der Waals surface area contributed by atoms with Gasteiger partial charge in [0.2, 0.25) is 5.88 Å². The van der Waals surface area contributed by atoms with E-state index in [1.165, 1.54) is 0 Å². The maximum atomic E-state index is 10.5. The smallest absolute Gasteiger partial charge is 0.227 e. The van der Waals surface area contributed by atoms with E-state index in [4.69, 9.17) is 19.3 Å². The van der Waals surface area contributed by atoms with E-state index in [-0.39, 0.29) is 0 Å². The Labute approximate surface area is 202 Å². The number of para-hydroxylation sites is 1. The van der Waals surface area contributed by atoms with Crippen LogP contribution in [0.1, 0.15) is 24.1 Å². The number of aryl methyl sites for hydroxylation is 1. The van der Waals surface area contributed by atoms with Gasteiger partial charge in [-0.2, -0.15) is 5.10 Å². The van der Waals surface area contributed by atoms with Crippen molar-refractivity contribution >= 4 is 0 Å². The van der Waals surface area contributed by atoms with Gasteiger partial charge in [0, 0.05) is 32.8 Å². The Morgan fingerprint density at radius 2 is 1.88 bits per heavy atom. The molecule has 34 heavy (non-hydrogen) atoms. The highest BCUT2D eigenvalue weighted by Crippen LogP contribution is 2.33. The molecule has 2 aromatic carbocycles. The Bertz CT molecular complexity index is 1040. The van der Waals surface area contributed by atoms with E-state index < -0.39 is 6.10 Å². The number of ether oxygens (including phenoxy) is 3. The van der Waals surface area contributed by atoms with Gasteiger partial charge in [0.15, 0.2) is 0 Å². The maximum Gasteiger partial charge on any atom is 0.227 e. The summed E-state index contributed by atoms with van der Waals surface area (Å²) in [7, 11) is 3.32. The molecule has 0 bridgehead atoms. The number of nitrogens with zero attached hydrogens (tertiary/aromatic N) is 3. The average molecular weight is 466 g/mol. The van der Waals surface area contributed by atoms with Crippen LogP contribution in [0.3, 0.4) is 0 Å². The molecule has 0 saturated heterocycles. The third-order valence-corrected chi connectivity index (χ3v) is 5.56. The highest BCUT2D eigenvalue weighted by Gasteiger charge is 2.22. The first-order valence-electron chi connectivity index (χ1n) is 11.5. The van der Waals surface area contributed by atoms with Gasteiger partial charge in [-0.15, -0.1) is 6.58 Å². The maximum absolute atomic E-state index is 10.5. The van der Waals surface area contributed by atoms with Crippen LogP contribution in [0.15, 0.2) is 67.3 Å². The molecule has 3 aromatic rings. The molecule has 0 saturated carbocycles. The average Bonchev–Trinajstić information content (AvgIpc) is 3.16. The van der Waals surface area contributed by atoms with Gasteiger partial charge in [0.1, 0.15) is 11.5 Å². The van der Waals surface area contributed by atoms with E-state index >= 15 is 0 Å². The van der Waals surface area contributed by atoms with Gasteiger partial charge in [-0.3, -0.25) is 4.90 Å². The summed E-state index contributed by atoms with van der Waals surface area (Å²) in [6.45, 7) is 8.06. The number of aromatic nitrogens is 2. The standard InChI is InChI=1S/C27H35N3O4/c1-5-6-13-23(31)19-29(16-17-32-3)20-26-21(2)28-30(22-11-8-7-9-12-22)27(26)34-25-15-10-14-24(18-25)33-4/h5,7-12,14-15,18,23,31H,1,6,13,16-17,19-20H2,2-4H3/t23-/m0/s1. The van der Waals surface area contributed by atoms with Crippen molar-refractivity contribution in [1.82, 2.24) is 14.7 Å². The molecule has 0 aliphatic rings. The molecule has 7 heteroatoms. The van der Waals surface area contributed by atoms with Crippen LogP contribution in [-0.4, -0.2) is 59.8 Å². The zero-order valence-electron chi connectivity index (χ0n) is 20.3. The highest BCUT2D eigenvalue weighted by molar-refractivity contribution is 5.44. The topological polar surface area (TPSA) is 69.0 Å². The van der Waals surface area contributed by atoms with Gasteiger partial charge >= 0.3 is 0 Å². The van der Waals surface area contributed by atoms with Gasteiger partial charge < -0.3 is 19.3 Å². The highest BCUT2D eigenvalue weighted by atomic mass is 16.5. The predicted molar refractivity (Wildman–Crippen MR) is 134 cm³/mol. The minimum atomic E-state index is -0.456. The van der Waals surface area contributed by atoms with Gasteiger partial charge in [0.05, 0.1) is 36.8 Å². The van der Waals surface area contributed by atoms with E-state index in [9.17, 15) is 5.11 Å². The number of aliphatic hydroxyl groups is 1. The van der Waals surface area contributed by atoms with Crippen LogP contribution in [0.2, 0.25) is 0 Å². The summed E-state index contributed by atoms with van der Waals surface area (Å²) in [5.41, 5.74) is 2.73. The van der Waals surface area contributed by atoms with E-state index in [2.05, 4.69) is 11.5 Å². The van der Waals surface area contributed by atoms with Crippen molar-refractivity contribution < 1.29 is 19.3 Å². The third kappa shape index (κ3) is 6.93. The van der Waals surface area contributed by atoms with Crippen molar-refractivity contribution in [1.29, 1.82) is 0 Å². The van der Waals surface area contributed by atoms with E-state index in [0.717, 1.165) is 23.4 Å². The first-order chi connectivity index (χ1) is 16.5. The summed E-state index contributed by atoms with van der Waals surface area (Å²) in [6.07, 6.45) is 2.82. The Kier molecular flexibility index (Phi) is 9.70. The molecular weight excluding hydrogens is 430 g/mol. The summed E-state index contributed by atoms with van der Waals surface area (Å²) in [4.78, 5) is 2.18. The van der Waals surface area contributed by atoms with Crippen LogP contribution in [0.4, 0.5) is 0 Å². The number of benzene rings is 2. The van der Waals surface area contributed by atoms with Crippen LogP contribution in [0.25, 0.3) is 5.69 Å². The predicted octanol–water partition coefficient (Wildman–Crippen LogP) is 4.76. The van der Waals surface area contributed by atoms with E-state index in [1.54, 1.807) is 14.2 Å². The zero-order chi connectivity index (χ0) is 24.3. The molecule has 0 radical (unpaired) electrons. The third-order valence-electron chi connectivity index (χ3n) is 5.56. The molecule has 0 aliphatic carbocycles. The fraction of sp³-hybridized carbons (Fsp3) is 0.370. The van der Waals surface area contributed by atoms with Gasteiger partial charge in [-0.25, -0.2) is 4.68 Å². The second-order valence-electron chi connectivity index (χ2n) is 8.15. The summed E-state index contributed by atoms with van der Waals surface area (Å²) >= 11 is 0. The fourth-order valence-corrected chi connectivity index (χ4v) is 3.72. The molecule has 0 fully saturated rings. The summed E-state index contributed by atoms with van der Waals surface area (Å²) < 4.78 is 18.9. The van der Waals surface area contributed by atoms with Gasteiger partial charge in [-0.05, 0) is 44.0 Å². The SMILES string of the molecule is C=CCC[C@H](O)CN(CCOC)Cc1c(C)nn(-c2ccccc2)c1Oc1cccc(OC)c1. The summed E-state index contributed by atoms with van der Waals surface area (Å²) in [5.74, 6) is 2.01. The Balaban J connectivity index is 1.96. The Morgan fingerprint density at radius 1 is 1.12 bits per heavy atom. The van der Waals surface area contributed by atoms with Crippen molar-refractivity contribution in [3.05, 3.63) is 78.5 Å². The monoisotopic (exact) mass is 465 g/mol. The second-order valence-corrected chi connectivity index (χ2v) is 8.15. The minimum absolute atomic E-state index is 0.456. The quantitative estimate of drug-likeness (QED) is 0.346. The van der Waals surface area contributed by atoms with E-state index in [0.29, 0.717) is 50.0 Å². The largest absolute Gasteiger partial charge is 0.497 e. The molecule has 0 aliphatic heterocycles. The van der Waals surface area contributed by atoms with Gasteiger partial charge in [0.25, 0.3) is 0 Å². The molecule has 182 valence electrons. The lowest BCUT2D eigenvalue weighted by atomic mass is 10.1. The lowest BCUT2D eigenvalue weighted by Crippen LogP contribution is -2.34. The van der Waals surface area contributed by atoms with Crippen LogP contribution in [0.5, 0.6) is 17.4 Å². The first kappa shape index (κ1) is 25.5. The molecule has 1 N–H and O–H groups in total. The minimum Gasteiger partial charge on any atom is -0.497 e. The number of rotatable bonds is 14. The number of allylic oxidation sites excluding steroid dienone is 1. The Hall–Kier alpha value is -3.13. The van der Waals surface area contributed by atoms with Crippen molar-refractivity contribution in [2.45, 2.75) is 32.4 Å². The van der Waals surface area contributed by atoms with Crippen LogP contribution in [0, 0.1) is 6.92 Å². The molecule has 0 spiro atoms. The number of aliphatic hydroxyl groups excluding tert-OH is 1. The van der Waals surface area contributed by atoms with Crippen molar-refractivity contribution in [3.8, 4) is 23.1 Å². The normalized spacial score (nSPS) is 12.0. The van der Waals surface area contributed by atoms with Crippen LogP contribution in [-0.2, 0) is 11.3 Å². The molecule has 3 rings (SSSR count). The number of methoxy groups -OCH3 is 2. The van der Waals surface area contributed by atoms with Crippen molar-refractivity contribution in [2.75, 3.05) is 33.9 Å². The van der Waals surface area contributed by atoms with E-state index in [1.807, 2.05) is 72.3 Å². The lowest BCUT2D eigenvalue weighted by Gasteiger charge is -2.25. The van der Waals surface area contributed by atoms with Crippen LogP contribution < -0.4 is 9.47 Å². The molecule has 1 atom stereocenters. The first-order valence-corrected chi connectivity index (χ1v) is 11.5. The molecule has 7 nitrogen and oxygen atoms in total. The lowest BCUT2D eigenvalue weighted by molar-refractivity contribution is 0.0804. The molecule has 1 aromatic heterocycles. The molecule has 0 unspecified atom stereocenters.